The van der Waals surface area contributed by atoms with Crippen LogP contribution < -0.4 is 4.90 Å². The molecule has 0 spiro atoms. The monoisotopic (exact) mass is 240 g/mol. The van der Waals surface area contributed by atoms with E-state index in [-0.39, 0.29) is 0 Å². The van der Waals surface area contributed by atoms with Gasteiger partial charge in [0.15, 0.2) is 0 Å². The molecule has 0 atom stereocenters. The summed E-state index contributed by atoms with van der Waals surface area (Å²) in [6.45, 7) is 9.85. The summed E-state index contributed by atoms with van der Waals surface area (Å²) in [5, 5.41) is 0. The quantitative estimate of drug-likeness (QED) is 0.730. The van der Waals surface area contributed by atoms with Crippen molar-refractivity contribution in [1.29, 1.82) is 0 Å². The van der Waals surface area contributed by atoms with Crippen LogP contribution in [0.4, 0.5) is 5.82 Å². The van der Waals surface area contributed by atoms with E-state index in [1.54, 1.807) is 0 Å². The molecule has 1 heterocycles. The number of hydrogen-bond donors (Lipinski definition) is 0. The molecule has 0 aliphatic rings. The van der Waals surface area contributed by atoms with E-state index in [1.165, 1.54) is 0 Å². The van der Waals surface area contributed by atoms with Gasteiger partial charge in [0, 0.05) is 24.7 Å². The highest BCUT2D eigenvalue weighted by Gasteiger charge is 2.13. The van der Waals surface area contributed by atoms with Crippen LogP contribution in [0.1, 0.15) is 33.3 Å². The summed E-state index contributed by atoms with van der Waals surface area (Å²) >= 11 is 5.84. The van der Waals surface area contributed by atoms with Crippen molar-refractivity contribution in [3.05, 3.63) is 23.9 Å². The Hall–Kier alpha value is -0.760. The summed E-state index contributed by atoms with van der Waals surface area (Å²) in [4.78, 5) is 6.75. The molecule has 3 heteroatoms. The Labute approximate surface area is 104 Å². The van der Waals surface area contributed by atoms with Crippen molar-refractivity contribution in [2.24, 2.45) is 5.92 Å². The molecule has 1 aromatic heterocycles. The fourth-order valence-electron chi connectivity index (χ4n) is 1.66. The topological polar surface area (TPSA) is 16.1 Å². The number of pyridine rings is 1. The van der Waals surface area contributed by atoms with Gasteiger partial charge in [0.05, 0.1) is 0 Å². The van der Waals surface area contributed by atoms with Gasteiger partial charge in [-0.1, -0.05) is 13.8 Å². The SMILES string of the molecule is CC(C)CN(c1cc(CCl)ccn1)C(C)C. The predicted molar refractivity (Wildman–Crippen MR) is 71.1 cm³/mol. The Morgan fingerprint density at radius 2 is 2.00 bits per heavy atom. The number of halogens is 1. The summed E-state index contributed by atoms with van der Waals surface area (Å²) in [6.07, 6.45) is 1.84. The van der Waals surface area contributed by atoms with Crippen LogP contribution in [0.15, 0.2) is 18.3 Å². The molecule has 0 saturated carbocycles. The van der Waals surface area contributed by atoms with Gasteiger partial charge in [0.2, 0.25) is 0 Å². The lowest BCUT2D eigenvalue weighted by molar-refractivity contribution is 0.566. The van der Waals surface area contributed by atoms with Gasteiger partial charge in [-0.3, -0.25) is 0 Å². The molecule has 0 fully saturated rings. The lowest BCUT2D eigenvalue weighted by Gasteiger charge is -2.29. The molecule has 2 nitrogen and oxygen atoms in total. The average molecular weight is 241 g/mol. The zero-order valence-corrected chi connectivity index (χ0v) is 11.3. The molecule has 0 aromatic carbocycles. The first-order valence-electron chi connectivity index (χ1n) is 5.82. The highest BCUT2D eigenvalue weighted by Crippen LogP contribution is 2.18. The van der Waals surface area contributed by atoms with Crippen LogP contribution in [0.5, 0.6) is 0 Å². The molecular formula is C13H21ClN2. The Morgan fingerprint density at radius 3 is 2.50 bits per heavy atom. The molecule has 0 aliphatic carbocycles. The van der Waals surface area contributed by atoms with E-state index in [4.69, 9.17) is 11.6 Å². The fraction of sp³-hybridized carbons (Fsp3) is 0.615. The number of alkyl halides is 1. The van der Waals surface area contributed by atoms with Crippen molar-refractivity contribution in [3.63, 3.8) is 0 Å². The summed E-state index contributed by atoms with van der Waals surface area (Å²) in [6, 6.07) is 4.50. The normalized spacial score (nSPS) is 11.2. The molecule has 90 valence electrons. The molecule has 0 N–H and O–H groups in total. The van der Waals surface area contributed by atoms with E-state index >= 15 is 0 Å². The maximum absolute atomic E-state index is 5.84. The Balaban J connectivity index is 2.91. The maximum atomic E-state index is 5.84. The van der Waals surface area contributed by atoms with Crippen LogP contribution in [0.3, 0.4) is 0 Å². The molecule has 0 amide bonds. The second-order valence-electron chi connectivity index (χ2n) is 4.80. The van der Waals surface area contributed by atoms with Gasteiger partial charge in [0.25, 0.3) is 0 Å². The average Bonchev–Trinajstić information content (AvgIpc) is 2.25. The predicted octanol–water partition coefficient (Wildman–Crippen LogP) is 3.69. The standard InChI is InChI=1S/C13H21ClN2/c1-10(2)9-16(11(3)4)13-7-12(8-14)5-6-15-13/h5-7,10-11H,8-9H2,1-4H3. The molecule has 0 aliphatic heterocycles. The molecule has 16 heavy (non-hydrogen) atoms. The number of nitrogens with zero attached hydrogens (tertiary/aromatic N) is 2. The van der Waals surface area contributed by atoms with Gasteiger partial charge >= 0.3 is 0 Å². The second kappa shape index (κ2) is 6.09. The number of aromatic nitrogens is 1. The van der Waals surface area contributed by atoms with E-state index in [2.05, 4.69) is 43.6 Å². The fourth-order valence-corrected chi connectivity index (χ4v) is 1.83. The first kappa shape index (κ1) is 13.3. The third-order valence-corrected chi connectivity index (χ3v) is 2.75. The lowest BCUT2D eigenvalue weighted by Crippen LogP contribution is -2.34. The van der Waals surface area contributed by atoms with Gasteiger partial charge in [-0.05, 0) is 37.5 Å². The Morgan fingerprint density at radius 1 is 1.31 bits per heavy atom. The largest absolute Gasteiger partial charge is 0.354 e. The van der Waals surface area contributed by atoms with Crippen molar-refractivity contribution in [3.8, 4) is 0 Å². The van der Waals surface area contributed by atoms with E-state index in [9.17, 15) is 0 Å². The van der Waals surface area contributed by atoms with Crippen molar-refractivity contribution in [2.45, 2.75) is 39.6 Å². The summed E-state index contributed by atoms with van der Waals surface area (Å²) in [7, 11) is 0. The summed E-state index contributed by atoms with van der Waals surface area (Å²) < 4.78 is 0. The second-order valence-corrected chi connectivity index (χ2v) is 5.06. The van der Waals surface area contributed by atoms with Crippen molar-refractivity contribution < 1.29 is 0 Å². The minimum absolute atomic E-state index is 0.459. The van der Waals surface area contributed by atoms with Crippen molar-refractivity contribution in [1.82, 2.24) is 4.98 Å². The molecule has 1 aromatic rings. The third-order valence-electron chi connectivity index (χ3n) is 2.44. The van der Waals surface area contributed by atoms with Crippen LogP contribution in [-0.4, -0.2) is 17.6 Å². The van der Waals surface area contributed by atoms with Crippen LogP contribution >= 0.6 is 11.6 Å². The lowest BCUT2D eigenvalue weighted by atomic mass is 10.1. The summed E-state index contributed by atoms with van der Waals surface area (Å²) in [5.41, 5.74) is 1.13. The summed E-state index contributed by atoms with van der Waals surface area (Å²) in [5.74, 6) is 2.20. The van der Waals surface area contributed by atoms with Crippen LogP contribution in [0.2, 0.25) is 0 Å². The van der Waals surface area contributed by atoms with E-state index in [1.807, 2.05) is 12.3 Å². The van der Waals surface area contributed by atoms with Crippen LogP contribution in [-0.2, 0) is 5.88 Å². The van der Waals surface area contributed by atoms with E-state index < -0.39 is 0 Å². The zero-order chi connectivity index (χ0) is 12.1. The molecule has 0 radical (unpaired) electrons. The van der Waals surface area contributed by atoms with Crippen LogP contribution in [0, 0.1) is 5.92 Å². The number of rotatable bonds is 5. The molecule has 1 rings (SSSR count). The van der Waals surface area contributed by atoms with Gasteiger partial charge in [-0.25, -0.2) is 4.98 Å². The molecule has 0 saturated heterocycles. The van der Waals surface area contributed by atoms with Gasteiger partial charge in [0.1, 0.15) is 5.82 Å². The van der Waals surface area contributed by atoms with Crippen molar-refractivity contribution >= 4 is 17.4 Å². The first-order valence-corrected chi connectivity index (χ1v) is 6.35. The minimum Gasteiger partial charge on any atom is -0.354 e. The smallest absolute Gasteiger partial charge is 0.129 e. The number of anilines is 1. The number of hydrogen-bond acceptors (Lipinski definition) is 2. The Bertz CT molecular complexity index is 323. The minimum atomic E-state index is 0.459. The Kier molecular flexibility index (Phi) is 5.07. The molecular weight excluding hydrogens is 220 g/mol. The highest BCUT2D eigenvalue weighted by atomic mass is 35.5. The highest BCUT2D eigenvalue weighted by molar-refractivity contribution is 6.17. The van der Waals surface area contributed by atoms with Gasteiger partial charge in [-0.2, -0.15) is 0 Å². The van der Waals surface area contributed by atoms with Gasteiger partial charge < -0.3 is 4.90 Å². The third kappa shape index (κ3) is 3.67. The van der Waals surface area contributed by atoms with E-state index in [0.717, 1.165) is 17.9 Å². The maximum Gasteiger partial charge on any atom is 0.129 e. The van der Waals surface area contributed by atoms with E-state index in [0.29, 0.717) is 17.8 Å². The zero-order valence-electron chi connectivity index (χ0n) is 10.6. The van der Waals surface area contributed by atoms with Crippen molar-refractivity contribution in [2.75, 3.05) is 11.4 Å². The molecule has 0 bridgehead atoms. The van der Waals surface area contributed by atoms with Crippen LogP contribution in [0.25, 0.3) is 0 Å². The van der Waals surface area contributed by atoms with Gasteiger partial charge in [-0.15, -0.1) is 11.6 Å². The molecule has 0 unspecified atom stereocenters. The first-order chi connectivity index (χ1) is 7.54.